The number of hydrogen-bond donors (Lipinski definition) is 1. The first-order valence-electron chi connectivity index (χ1n) is 6.62. The second kappa shape index (κ2) is 5.77. The molecule has 106 valence electrons. The van der Waals surface area contributed by atoms with Gasteiger partial charge in [0.1, 0.15) is 0 Å². The van der Waals surface area contributed by atoms with E-state index in [1.54, 1.807) is 19.4 Å². The van der Waals surface area contributed by atoms with Gasteiger partial charge >= 0.3 is 0 Å². The Balaban J connectivity index is 2.40. The third-order valence-electron chi connectivity index (χ3n) is 3.29. The molecule has 1 aromatic heterocycles. The molecule has 0 fully saturated rings. The SMILES string of the molecule is CC(C)N(Cc1ccccc1N)c1nccn(C)c1=O. The minimum Gasteiger partial charge on any atom is -0.398 e. The van der Waals surface area contributed by atoms with Crippen molar-refractivity contribution in [3.05, 3.63) is 52.6 Å². The van der Waals surface area contributed by atoms with Crippen LogP contribution in [0.5, 0.6) is 0 Å². The Morgan fingerprint density at radius 3 is 2.70 bits per heavy atom. The highest BCUT2D eigenvalue weighted by Crippen LogP contribution is 2.18. The van der Waals surface area contributed by atoms with E-state index in [0.29, 0.717) is 12.4 Å². The number of nitrogens with zero attached hydrogens (tertiary/aromatic N) is 3. The predicted octanol–water partition coefficient (Wildman–Crippen LogP) is 1.78. The number of aryl methyl sites for hydroxylation is 1. The van der Waals surface area contributed by atoms with Crippen LogP contribution < -0.4 is 16.2 Å². The van der Waals surface area contributed by atoms with Crippen molar-refractivity contribution >= 4 is 11.5 Å². The molecule has 0 spiro atoms. The molecule has 0 aliphatic heterocycles. The summed E-state index contributed by atoms with van der Waals surface area (Å²) in [6.07, 6.45) is 3.29. The Bertz CT molecular complexity index is 648. The summed E-state index contributed by atoms with van der Waals surface area (Å²) in [6, 6.07) is 7.83. The summed E-state index contributed by atoms with van der Waals surface area (Å²) < 4.78 is 1.53. The van der Waals surface area contributed by atoms with Crippen LogP contribution in [0.2, 0.25) is 0 Å². The lowest BCUT2D eigenvalue weighted by Crippen LogP contribution is -2.37. The molecule has 2 aromatic rings. The molecule has 1 heterocycles. The first kappa shape index (κ1) is 14.1. The molecule has 0 aliphatic carbocycles. The first-order valence-corrected chi connectivity index (χ1v) is 6.62. The molecule has 20 heavy (non-hydrogen) atoms. The van der Waals surface area contributed by atoms with Gasteiger partial charge in [-0.25, -0.2) is 4.98 Å². The molecule has 5 heteroatoms. The molecule has 2 N–H and O–H groups in total. The molecule has 0 bridgehead atoms. The van der Waals surface area contributed by atoms with Crippen molar-refractivity contribution < 1.29 is 0 Å². The van der Waals surface area contributed by atoms with Crippen molar-refractivity contribution in [3.63, 3.8) is 0 Å². The Morgan fingerprint density at radius 2 is 2.05 bits per heavy atom. The molecule has 0 saturated carbocycles. The molecular weight excluding hydrogens is 252 g/mol. The molecule has 0 saturated heterocycles. The summed E-state index contributed by atoms with van der Waals surface area (Å²) in [7, 11) is 1.73. The quantitative estimate of drug-likeness (QED) is 0.862. The maximum atomic E-state index is 12.2. The highest BCUT2D eigenvalue weighted by molar-refractivity contribution is 5.49. The van der Waals surface area contributed by atoms with E-state index in [1.807, 2.05) is 43.0 Å². The van der Waals surface area contributed by atoms with Gasteiger partial charge in [-0.1, -0.05) is 18.2 Å². The van der Waals surface area contributed by atoms with Gasteiger partial charge in [0, 0.05) is 37.7 Å². The van der Waals surface area contributed by atoms with Gasteiger partial charge in [0.2, 0.25) is 0 Å². The molecule has 0 radical (unpaired) electrons. The van der Waals surface area contributed by atoms with Gasteiger partial charge in [-0.05, 0) is 25.5 Å². The molecule has 1 aromatic carbocycles. The lowest BCUT2D eigenvalue weighted by Gasteiger charge is -2.27. The number of benzene rings is 1. The van der Waals surface area contributed by atoms with Gasteiger partial charge < -0.3 is 15.2 Å². The van der Waals surface area contributed by atoms with Gasteiger partial charge in [-0.15, -0.1) is 0 Å². The van der Waals surface area contributed by atoms with Crippen LogP contribution in [0.4, 0.5) is 11.5 Å². The highest BCUT2D eigenvalue weighted by atomic mass is 16.1. The number of aromatic nitrogens is 2. The van der Waals surface area contributed by atoms with Gasteiger partial charge in [-0.2, -0.15) is 0 Å². The van der Waals surface area contributed by atoms with Gasteiger partial charge in [-0.3, -0.25) is 4.79 Å². The summed E-state index contributed by atoms with van der Waals surface area (Å²) >= 11 is 0. The fourth-order valence-corrected chi connectivity index (χ4v) is 2.05. The molecule has 0 aliphatic rings. The molecule has 0 amide bonds. The molecular formula is C15H20N4O. The standard InChI is InChI=1S/C15H20N4O/c1-11(2)19(10-12-6-4-5-7-13(12)16)14-15(20)18(3)9-8-17-14/h4-9,11H,10,16H2,1-3H3. The molecule has 0 unspecified atom stereocenters. The van der Waals surface area contributed by atoms with Crippen LogP contribution in [-0.2, 0) is 13.6 Å². The zero-order chi connectivity index (χ0) is 14.7. The predicted molar refractivity (Wildman–Crippen MR) is 81.7 cm³/mol. The van der Waals surface area contributed by atoms with E-state index >= 15 is 0 Å². The Kier molecular flexibility index (Phi) is 4.08. The number of para-hydroxylation sites is 1. The van der Waals surface area contributed by atoms with E-state index in [0.717, 1.165) is 11.3 Å². The van der Waals surface area contributed by atoms with Crippen molar-refractivity contribution in [2.75, 3.05) is 10.6 Å². The van der Waals surface area contributed by atoms with Gasteiger partial charge in [0.15, 0.2) is 5.82 Å². The second-order valence-corrected chi connectivity index (χ2v) is 5.09. The number of hydrogen-bond acceptors (Lipinski definition) is 4. The van der Waals surface area contributed by atoms with E-state index in [2.05, 4.69) is 4.98 Å². The lowest BCUT2D eigenvalue weighted by atomic mass is 10.1. The molecule has 2 rings (SSSR count). The second-order valence-electron chi connectivity index (χ2n) is 5.09. The topological polar surface area (TPSA) is 64.2 Å². The first-order chi connectivity index (χ1) is 9.50. The van der Waals surface area contributed by atoms with Crippen LogP contribution in [0.1, 0.15) is 19.4 Å². The Morgan fingerprint density at radius 1 is 1.35 bits per heavy atom. The third-order valence-corrected chi connectivity index (χ3v) is 3.29. The van der Waals surface area contributed by atoms with Crippen LogP contribution in [0, 0.1) is 0 Å². The maximum Gasteiger partial charge on any atom is 0.293 e. The smallest absolute Gasteiger partial charge is 0.293 e. The molecule has 0 atom stereocenters. The fourth-order valence-electron chi connectivity index (χ4n) is 2.05. The number of rotatable bonds is 4. The summed E-state index contributed by atoms with van der Waals surface area (Å²) in [5, 5.41) is 0. The van der Waals surface area contributed by atoms with E-state index in [-0.39, 0.29) is 11.6 Å². The normalized spacial score (nSPS) is 10.8. The third kappa shape index (κ3) is 2.82. The van der Waals surface area contributed by atoms with E-state index in [1.165, 1.54) is 4.57 Å². The van der Waals surface area contributed by atoms with Crippen LogP contribution in [-0.4, -0.2) is 15.6 Å². The van der Waals surface area contributed by atoms with Crippen molar-refractivity contribution in [3.8, 4) is 0 Å². The number of nitrogen functional groups attached to an aromatic ring is 1. The average Bonchev–Trinajstić information content (AvgIpc) is 2.41. The summed E-state index contributed by atoms with van der Waals surface area (Å²) in [4.78, 5) is 18.4. The largest absolute Gasteiger partial charge is 0.398 e. The van der Waals surface area contributed by atoms with Crippen molar-refractivity contribution in [2.24, 2.45) is 7.05 Å². The summed E-state index contributed by atoms with van der Waals surface area (Å²) in [6.45, 7) is 4.64. The zero-order valence-corrected chi connectivity index (χ0v) is 12.1. The summed E-state index contributed by atoms with van der Waals surface area (Å²) in [5.41, 5.74) is 7.61. The number of anilines is 2. The minimum absolute atomic E-state index is 0.101. The minimum atomic E-state index is -0.101. The molecule has 5 nitrogen and oxygen atoms in total. The van der Waals surface area contributed by atoms with Crippen LogP contribution in [0.3, 0.4) is 0 Å². The highest BCUT2D eigenvalue weighted by Gasteiger charge is 2.17. The van der Waals surface area contributed by atoms with Crippen molar-refractivity contribution in [1.29, 1.82) is 0 Å². The van der Waals surface area contributed by atoms with Crippen molar-refractivity contribution in [2.45, 2.75) is 26.4 Å². The van der Waals surface area contributed by atoms with Crippen LogP contribution in [0.25, 0.3) is 0 Å². The van der Waals surface area contributed by atoms with E-state index in [9.17, 15) is 4.79 Å². The van der Waals surface area contributed by atoms with Crippen LogP contribution >= 0.6 is 0 Å². The summed E-state index contributed by atoms with van der Waals surface area (Å²) in [5.74, 6) is 0.452. The van der Waals surface area contributed by atoms with E-state index < -0.39 is 0 Å². The number of nitrogens with two attached hydrogens (primary N) is 1. The van der Waals surface area contributed by atoms with E-state index in [4.69, 9.17) is 5.73 Å². The van der Waals surface area contributed by atoms with Crippen molar-refractivity contribution in [1.82, 2.24) is 9.55 Å². The monoisotopic (exact) mass is 272 g/mol. The lowest BCUT2D eigenvalue weighted by molar-refractivity contribution is 0.659. The van der Waals surface area contributed by atoms with Gasteiger partial charge in [0.05, 0.1) is 0 Å². The fraction of sp³-hybridized carbons (Fsp3) is 0.333. The Hall–Kier alpha value is -2.30. The van der Waals surface area contributed by atoms with Crippen LogP contribution in [0.15, 0.2) is 41.5 Å². The maximum absolute atomic E-state index is 12.2. The van der Waals surface area contributed by atoms with Gasteiger partial charge in [0.25, 0.3) is 5.56 Å². The average molecular weight is 272 g/mol. The Labute approximate surface area is 118 Å². The zero-order valence-electron chi connectivity index (χ0n) is 12.1.